The lowest BCUT2D eigenvalue weighted by atomic mass is 10.4. The number of quaternary nitrogens is 1. The summed E-state index contributed by atoms with van der Waals surface area (Å²) >= 11 is 0. The van der Waals surface area contributed by atoms with Crippen LogP contribution >= 0.6 is 0 Å². The molecule has 4 N–H and O–H groups in total. The maximum atomic E-state index is 7.81. The van der Waals surface area contributed by atoms with Crippen LogP contribution in [-0.4, -0.2) is 18.3 Å². The summed E-state index contributed by atoms with van der Waals surface area (Å²) in [7, 11) is 0. The quantitative estimate of drug-likeness (QED) is 0.562. The fraction of sp³-hybridized carbons (Fsp3) is 0.250. The summed E-state index contributed by atoms with van der Waals surface area (Å²) in [6, 6.07) is 12.0. The molecule has 56 valence electrons. The third kappa shape index (κ3) is 7.14. The molecule has 0 aromatic heterocycles. The summed E-state index contributed by atoms with van der Waals surface area (Å²) in [4.78, 5) is 0. The predicted octanol–water partition coefficient (Wildman–Crippen LogP) is -0.0928. The molecule has 1 aromatic carbocycles. The van der Waals surface area contributed by atoms with Gasteiger partial charge < -0.3 is 10.8 Å². The average Bonchev–Trinajstić information content (AvgIpc) is 2.08. The molecule has 0 aliphatic rings. The second-order valence-electron chi connectivity index (χ2n) is 1.73. The minimum absolute atomic E-state index is 0.208. The number of benzene rings is 1. The average molecular weight is 140 g/mol. The monoisotopic (exact) mass is 140 g/mol. The van der Waals surface area contributed by atoms with Crippen LogP contribution in [0.3, 0.4) is 0 Å². The molecule has 1 aromatic rings. The van der Waals surface area contributed by atoms with Crippen LogP contribution < -0.4 is 5.73 Å². The van der Waals surface area contributed by atoms with E-state index in [1.807, 2.05) is 36.4 Å². The van der Waals surface area contributed by atoms with Gasteiger partial charge in [-0.05, 0) is 0 Å². The van der Waals surface area contributed by atoms with Gasteiger partial charge in [-0.1, -0.05) is 36.4 Å². The van der Waals surface area contributed by atoms with E-state index in [1.54, 1.807) is 0 Å². The number of hydrogen-bond acceptors (Lipinski definition) is 1. The molecule has 0 spiro atoms. The Morgan fingerprint density at radius 3 is 1.20 bits per heavy atom. The maximum absolute atomic E-state index is 7.81. The summed E-state index contributed by atoms with van der Waals surface area (Å²) in [5.74, 6) is 0. The smallest absolute Gasteiger partial charge is 0.0974 e. The van der Waals surface area contributed by atoms with Crippen molar-refractivity contribution >= 4 is 0 Å². The second kappa shape index (κ2) is 8.14. The van der Waals surface area contributed by atoms with Gasteiger partial charge in [0.05, 0.1) is 13.2 Å². The minimum atomic E-state index is 0.208. The molecule has 1 rings (SSSR count). The molecular formula is C8H14NO+. The number of aliphatic hydroxyl groups excluding tert-OH is 1. The Morgan fingerprint density at radius 2 is 1.10 bits per heavy atom. The first-order valence-electron chi connectivity index (χ1n) is 3.32. The zero-order valence-corrected chi connectivity index (χ0v) is 6.03. The van der Waals surface area contributed by atoms with Crippen LogP contribution in [0, 0.1) is 0 Å². The zero-order chi connectivity index (χ0) is 7.66. The second-order valence-corrected chi connectivity index (χ2v) is 1.73. The third-order valence-electron chi connectivity index (χ3n) is 0.825. The number of hydrogen-bond donors (Lipinski definition) is 2. The van der Waals surface area contributed by atoms with Crippen molar-refractivity contribution in [2.24, 2.45) is 0 Å². The van der Waals surface area contributed by atoms with Gasteiger partial charge in [-0.15, -0.1) is 0 Å². The molecule has 0 radical (unpaired) electrons. The van der Waals surface area contributed by atoms with Gasteiger partial charge in [0.1, 0.15) is 0 Å². The van der Waals surface area contributed by atoms with Crippen molar-refractivity contribution in [1.82, 2.24) is 0 Å². The molecule has 0 bridgehead atoms. The van der Waals surface area contributed by atoms with Crippen molar-refractivity contribution in [1.29, 1.82) is 0 Å². The molecule has 2 heteroatoms. The maximum Gasteiger partial charge on any atom is 0.0974 e. The highest BCUT2D eigenvalue weighted by molar-refractivity contribution is 4.99. The minimum Gasteiger partial charge on any atom is -0.391 e. The molecule has 0 fully saturated rings. The highest BCUT2D eigenvalue weighted by Crippen LogP contribution is 1.79. The van der Waals surface area contributed by atoms with E-state index in [0.717, 1.165) is 0 Å². The van der Waals surface area contributed by atoms with Gasteiger partial charge in [0.2, 0.25) is 0 Å². The summed E-state index contributed by atoms with van der Waals surface area (Å²) in [6.45, 7) is 0.833. The highest BCUT2D eigenvalue weighted by Gasteiger charge is 1.60. The zero-order valence-electron chi connectivity index (χ0n) is 6.03. The van der Waals surface area contributed by atoms with Gasteiger partial charge in [-0.2, -0.15) is 0 Å². The molecule has 0 saturated carbocycles. The van der Waals surface area contributed by atoms with E-state index >= 15 is 0 Å². The molecule has 0 aliphatic heterocycles. The summed E-state index contributed by atoms with van der Waals surface area (Å²) in [5.41, 5.74) is 3.35. The molecule has 2 nitrogen and oxygen atoms in total. The topological polar surface area (TPSA) is 47.9 Å². The van der Waals surface area contributed by atoms with Gasteiger partial charge in [0.25, 0.3) is 0 Å². The highest BCUT2D eigenvalue weighted by atomic mass is 16.3. The molecule has 0 unspecified atom stereocenters. The number of rotatable bonds is 1. The lowest BCUT2D eigenvalue weighted by Gasteiger charge is -1.69. The van der Waals surface area contributed by atoms with E-state index in [0.29, 0.717) is 6.54 Å². The molecule has 0 heterocycles. The first-order chi connectivity index (χ1) is 4.91. The van der Waals surface area contributed by atoms with Crippen LogP contribution in [0.25, 0.3) is 0 Å². The van der Waals surface area contributed by atoms with Crippen LogP contribution in [0.1, 0.15) is 0 Å². The SMILES string of the molecule is [NH3+]CCO.c1ccccc1. The van der Waals surface area contributed by atoms with Crippen molar-refractivity contribution < 1.29 is 10.8 Å². The van der Waals surface area contributed by atoms with Gasteiger partial charge in [-0.3, -0.25) is 0 Å². The van der Waals surface area contributed by atoms with Gasteiger partial charge in [0, 0.05) is 0 Å². The largest absolute Gasteiger partial charge is 0.391 e. The lowest BCUT2D eigenvalue weighted by molar-refractivity contribution is -0.372. The Morgan fingerprint density at radius 1 is 0.900 bits per heavy atom. The van der Waals surface area contributed by atoms with Crippen LogP contribution in [0.4, 0.5) is 0 Å². The van der Waals surface area contributed by atoms with Crippen LogP contribution in [0.2, 0.25) is 0 Å². The molecule has 0 amide bonds. The van der Waals surface area contributed by atoms with Crippen LogP contribution in [-0.2, 0) is 0 Å². The van der Waals surface area contributed by atoms with E-state index < -0.39 is 0 Å². The Kier molecular flexibility index (Phi) is 7.44. The molecule has 0 aliphatic carbocycles. The first-order valence-corrected chi connectivity index (χ1v) is 3.32. The summed E-state index contributed by atoms with van der Waals surface area (Å²) in [5, 5.41) is 7.81. The van der Waals surface area contributed by atoms with E-state index in [4.69, 9.17) is 5.11 Å². The van der Waals surface area contributed by atoms with E-state index in [-0.39, 0.29) is 6.61 Å². The van der Waals surface area contributed by atoms with Gasteiger partial charge in [-0.25, -0.2) is 0 Å². The normalized spacial score (nSPS) is 7.80. The Labute approximate surface area is 61.3 Å². The van der Waals surface area contributed by atoms with Crippen LogP contribution in [0.15, 0.2) is 36.4 Å². The number of aliphatic hydroxyl groups is 1. The standard InChI is InChI=1S/C6H6.C2H7NO/c1-2-4-6-5-3-1;3-1-2-4/h1-6H;4H,1-3H2/p+1. The molecule has 10 heavy (non-hydrogen) atoms. The predicted molar refractivity (Wildman–Crippen MR) is 41.3 cm³/mol. The summed E-state index contributed by atoms with van der Waals surface area (Å²) in [6.07, 6.45) is 0. The van der Waals surface area contributed by atoms with Crippen molar-refractivity contribution in [3.05, 3.63) is 36.4 Å². The van der Waals surface area contributed by atoms with E-state index in [1.165, 1.54) is 0 Å². The van der Waals surface area contributed by atoms with Crippen LogP contribution in [0.5, 0.6) is 0 Å². The van der Waals surface area contributed by atoms with Crippen molar-refractivity contribution in [2.75, 3.05) is 13.2 Å². The summed E-state index contributed by atoms with van der Waals surface area (Å²) < 4.78 is 0. The fourth-order valence-electron chi connectivity index (χ4n) is 0.385. The Bertz CT molecular complexity index is 101. The van der Waals surface area contributed by atoms with Crippen molar-refractivity contribution in [3.63, 3.8) is 0 Å². The third-order valence-corrected chi connectivity index (χ3v) is 0.825. The first kappa shape index (κ1) is 9.14. The van der Waals surface area contributed by atoms with E-state index in [9.17, 15) is 0 Å². The van der Waals surface area contributed by atoms with Crippen molar-refractivity contribution in [3.8, 4) is 0 Å². The molecule has 0 atom stereocenters. The Hall–Kier alpha value is -0.860. The van der Waals surface area contributed by atoms with Gasteiger partial charge in [0.15, 0.2) is 0 Å². The molecular weight excluding hydrogens is 126 g/mol. The Balaban J connectivity index is 0.000000180. The molecule has 0 saturated heterocycles. The fourth-order valence-corrected chi connectivity index (χ4v) is 0.385. The van der Waals surface area contributed by atoms with Crippen molar-refractivity contribution in [2.45, 2.75) is 0 Å². The van der Waals surface area contributed by atoms with E-state index in [2.05, 4.69) is 5.73 Å². The lowest BCUT2D eigenvalue weighted by Crippen LogP contribution is -2.51. The van der Waals surface area contributed by atoms with Gasteiger partial charge >= 0.3 is 0 Å².